The van der Waals surface area contributed by atoms with Crippen molar-refractivity contribution in [2.24, 2.45) is 5.41 Å². The lowest BCUT2D eigenvalue weighted by molar-refractivity contribution is -0.118. The number of nitrogens with zero attached hydrogens (tertiary/aromatic N) is 1. The maximum absolute atomic E-state index is 12.0. The second kappa shape index (κ2) is 3.78. The second-order valence-electron chi connectivity index (χ2n) is 5.17. The van der Waals surface area contributed by atoms with Gasteiger partial charge in [0, 0.05) is 6.04 Å². The van der Waals surface area contributed by atoms with E-state index in [0.29, 0.717) is 17.3 Å². The summed E-state index contributed by atoms with van der Waals surface area (Å²) >= 11 is 3.28. The van der Waals surface area contributed by atoms with Gasteiger partial charge in [-0.1, -0.05) is 13.0 Å². The second-order valence-corrected chi connectivity index (χ2v) is 5.98. The van der Waals surface area contributed by atoms with Crippen LogP contribution in [-0.2, 0) is 4.79 Å². The molecule has 0 radical (unpaired) electrons. The molecular weight excluding hydrogens is 282 g/mol. The molecule has 1 aliphatic carbocycles. The summed E-state index contributed by atoms with van der Waals surface area (Å²) in [4.78, 5) is 16.2. The lowest BCUT2D eigenvalue weighted by Gasteiger charge is -2.13. The highest BCUT2D eigenvalue weighted by molar-refractivity contribution is 9.10. The number of carbonyl (C=O) groups is 1. The molecule has 2 N–H and O–H groups in total. The standard InChI is InChI=1S/C12H14BrN3O/c1-12-5-7(14-8(12)6-12)11(17)16-10-4-2-3-9(13)15-10/h2-4,7-8,14H,5-6H2,1H3,(H,15,16,17). The van der Waals surface area contributed by atoms with E-state index in [1.807, 2.05) is 12.1 Å². The van der Waals surface area contributed by atoms with Gasteiger partial charge in [-0.15, -0.1) is 0 Å². The highest BCUT2D eigenvalue weighted by Gasteiger charge is 2.58. The number of fused-ring (bicyclic) bond motifs is 1. The molecule has 2 heterocycles. The van der Waals surface area contributed by atoms with Crippen LogP contribution in [0.4, 0.5) is 5.82 Å². The van der Waals surface area contributed by atoms with Gasteiger partial charge in [-0.25, -0.2) is 4.98 Å². The van der Waals surface area contributed by atoms with Gasteiger partial charge < -0.3 is 10.6 Å². The number of hydrogen-bond donors (Lipinski definition) is 2. The minimum absolute atomic E-state index is 0.0176. The van der Waals surface area contributed by atoms with Crippen molar-refractivity contribution in [3.8, 4) is 0 Å². The Balaban J connectivity index is 1.64. The van der Waals surface area contributed by atoms with Crippen LogP contribution in [0.2, 0.25) is 0 Å². The first-order valence-corrected chi connectivity index (χ1v) is 6.56. The molecule has 4 nitrogen and oxygen atoms in total. The van der Waals surface area contributed by atoms with Gasteiger partial charge in [0.05, 0.1) is 6.04 Å². The van der Waals surface area contributed by atoms with Gasteiger partial charge in [0.1, 0.15) is 10.4 Å². The molecule has 0 bridgehead atoms. The van der Waals surface area contributed by atoms with Crippen molar-refractivity contribution >= 4 is 27.7 Å². The number of aromatic nitrogens is 1. The van der Waals surface area contributed by atoms with E-state index in [-0.39, 0.29) is 11.9 Å². The van der Waals surface area contributed by atoms with Crippen LogP contribution in [0.25, 0.3) is 0 Å². The fourth-order valence-electron chi connectivity index (χ4n) is 2.52. The van der Waals surface area contributed by atoms with Gasteiger partial charge in [0.25, 0.3) is 0 Å². The minimum Gasteiger partial charge on any atom is -0.309 e. The van der Waals surface area contributed by atoms with Crippen molar-refractivity contribution in [2.45, 2.75) is 31.8 Å². The molecule has 1 aromatic rings. The summed E-state index contributed by atoms with van der Waals surface area (Å²) in [6.45, 7) is 2.23. The van der Waals surface area contributed by atoms with Gasteiger partial charge >= 0.3 is 0 Å². The number of amides is 1. The van der Waals surface area contributed by atoms with Crippen LogP contribution >= 0.6 is 15.9 Å². The first kappa shape index (κ1) is 11.2. The number of pyridine rings is 1. The molecule has 2 aliphatic rings. The van der Waals surface area contributed by atoms with Crippen LogP contribution < -0.4 is 10.6 Å². The highest BCUT2D eigenvalue weighted by Crippen LogP contribution is 2.53. The molecule has 1 aromatic heterocycles. The molecule has 3 rings (SSSR count). The first-order valence-electron chi connectivity index (χ1n) is 5.76. The topological polar surface area (TPSA) is 54.0 Å². The van der Waals surface area contributed by atoms with Crippen LogP contribution in [0.3, 0.4) is 0 Å². The molecule has 17 heavy (non-hydrogen) atoms. The number of hydrogen-bond acceptors (Lipinski definition) is 3. The van der Waals surface area contributed by atoms with Crippen molar-refractivity contribution < 1.29 is 4.79 Å². The van der Waals surface area contributed by atoms with Gasteiger partial charge in [-0.2, -0.15) is 0 Å². The van der Waals surface area contributed by atoms with E-state index in [9.17, 15) is 4.79 Å². The fourth-order valence-corrected chi connectivity index (χ4v) is 2.86. The number of carbonyl (C=O) groups excluding carboxylic acids is 1. The summed E-state index contributed by atoms with van der Waals surface area (Å²) in [5.41, 5.74) is 0.354. The van der Waals surface area contributed by atoms with E-state index >= 15 is 0 Å². The summed E-state index contributed by atoms with van der Waals surface area (Å²) in [5, 5.41) is 6.19. The third-order valence-electron chi connectivity index (χ3n) is 3.71. The molecule has 1 amide bonds. The number of halogens is 1. The van der Waals surface area contributed by atoms with Gasteiger partial charge in [-0.3, -0.25) is 4.79 Å². The Morgan fingerprint density at radius 1 is 1.59 bits per heavy atom. The Hall–Kier alpha value is -0.940. The lowest BCUT2D eigenvalue weighted by atomic mass is 10.0. The Morgan fingerprint density at radius 3 is 3.06 bits per heavy atom. The van der Waals surface area contributed by atoms with Crippen molar-refractivity contribution in [1.29, 1.82) is 0 Å². The van der Waals surface area contributed by atoms with E-state index in [1.54, 1.807) is 6.07 Å². The molecule has 3 atom stereocenters. The van der Waals surface area contributed by atoms with Crippen LogP contribution in [0.5, 0.6) is 0 Å². The van der Waals surface area contributed by atoms with Crippen LogP contribution in [0.15, 0.2) is 22.8 Å². The van der Waals surface area contributed by atoms with Crippen molar-refractivity contribution in [1.82, 2.24) is 10.3 Å². The third-order valence-corrected chi connectivity index (χ3v) is 4.15. The highest BCUT2D eigenvalue weighted by atomic mass is 79.9. The van der Waals surface area contributed by atoms with Gasteiger partial charge in [-0.05, 0) is 46.3 Å². The quantitative estimate of drug-likeness (QED) is 0.820. The van der Waals surface area contributed by atoms with E-state index < -0.39 is 0 Å². The summed E-state index contributed by atoms with van der Waals surface area (Å²) in [7, 11) is 0. The molecule has 1 saturated heterocycles. The Bertz CT molecular complexity index is 479. The smallest absolute Gasteiger partial charge is 0.242 e. The monoisotopic (exact) mass is 295 g/mol. The molecule has 90 valence electrons. The van der Waals surface area contributed by atoms with Crippen molar-refractivity contribution in [2.75, 3.05) is 5.32 Å². The summed E-state index contributed by atoms with van der Waals surface area (Å²) < 4.78 is 0.726. The zero-order chi connectivity index (χ0) is 12.0. The normalized spacial score (nSPS) is 34.2. The predicted octanol–water partition coefficient (Wildman–Crippen LogP) is 1.92. The minimum atomic E-state index is -0.0699. The molecule has 1 aliphatic heterocycles. The molecule has 1 saturated carbocycles. The molecule has 2 fully saturated rings. The van der Waals surface area contributed by atoms with Gasteiger partial charge in [0.2, 0.25) is 5.91 Å². The van der Waals surface area contributed by atoms with E-state index in [4.69, 9.17) is 0 Å². The molecule has 5 heteroatoms. The van der Waals surface area contributed by atoms with Crippen LogP contribution in [-0.4, -0.2) is 23.0 Å². The lowest BCUT2D eigenvalue weighted by Crippen LogP contribution is -2.38. The fraction of sp³-hybridized carbons (Fsp3) is 0.500. The van der Waals surface area contributed by atoms with Crippen molar-refractivity contribution in [3.63, 3.8) is 0 Å². The zero-order valence-electron chi connectivity index (χ0n) is 9.53. The Kier molecular flexibility index (Phi) is 2.48. The molecule has 3 unspecified atom stereocenters. The molecule has 0 aromatic carbocycles. The van der Waals surface area contributed by atoms with Gasteiger partial charge in [0.15, 0.2) is 0 Å². The van der Waals surface area contributed by atoms with E-state index in [2.05, 4.69) is 38.5 Å². The molecular formula is C12H14BrN3O. The average Bonchev–Trinajstić information content (AvgIpc) is 2.77. The number of piperidine rings is 1. The number of rotatable bonds is 2. The largest absolute Gasteiger partial charge is 0.309 e. The summed E-state index contributed by atoms with van der Waals surface area (Å²) in [5.74, 6) is 0.612. The third kappa shape index (κ3) is 2.09. The van der Waals surface area contributed by atoms with Crippen LogP contribution in [0.1, 0.15) is 19.8 Å². The number of nitrogens with one attached hydrogen (secondary N) is 2. The average molecular weight is 296 g/mol. The Morgan fingerprint density at radius 2 is 2.41 bits per heavy atom. The maximum Gasteiger partial charge on any atom is 0.242 e. The van der Waals surface area contributed by atoms with E-state index in [0.717, 1.165) is 11.0 Å². The molecule has 0 spiro atoms. The SMILES string of the molecule is CC12CC(C(=O)Nc3cccc(Br)n3)NC1C2. The summed E-state index contributed by atoms with van der Waals surface area (Å²) in [6.07, 6.45) is 2.13. The zero-order valence-corrected chi connectivity index (χ0v) is 11.1. The Labute approximate surface area is 108 Å². The summed E-state index contributed by atoms with van der Waals surface area (Å²) in [6, 6.07) is 5.95. The van der Waals surface area contributed by atoms with Crippen molar-refractivity contribution in [3.05, 3.63) is 22.8 Å². The predicted molar refractivity (Wildman–Crippen MR) is 68.6 cm³/mol. The number of anilines is 1. The van der Waals surface area contributed by atoms with Crippen LogP contribution in [0, 0.1) is 5.41 Å². The van der Waals surface area contributed by atoms with E-state index in [1.165, 1.54) is 6.42 Å². The maximum atomic E-state index is 12.0. The first-order chi connectivity index (χ1) is 8.07.